The van der Waals surface area contributed by atoms with Gasteiger partial charge in [0, 0.05) is 32.6 Å². The van der Waals surface area contributed by atoms with Crippen molar-refractivity contribution < 1.29 is 114 Å². The summed E-state index contributed by atoms with van der Waals surface area (Å²) in [5, 5.41) is 129. The molecule has 3 saturated heterocycles. The standard InChI is InChI=1S/C34H59N3O23/c1-12(42)35-23-21(57-20(7-41)28(48)29(23)49)10-55-9-16-19(6-40)56-22(11-54-8-15-18(5-39)58-33(52)25(26(15)46)37-14(3)44)24(36-13(2)43)32(16)59-60-34(53)31(51)30(50)27(47)17(45)4-38/h15-33,38-41,45-52H,4-11H2,1-3H3,(H,35,42)(H,36,43)(H,37,44)/t15-,16+,17?,18?,19?,20?,21+,22+,23?,24?,25?,26+,27?,28-,29-,30?,31?,32+,33-/m1/s1. The Morgan fingerprint density at radius 2 is 1.05 bits per heavy atom. The topological polar surface area (TPSA) is 412 Å². The SMILES string of the molecule is CC(=O)NC1[C@H](COC[C@H]2C(CO)O[C@@H](COC[C@@H]3C(CO)O[C@@H](O)C(NC(C)=O)[C@H]3O)C(NC(C)=O)[C@H]2OOC(=O)C(O)C(O)C(O)C(O)CO)OC(CO)[C@@H](O)[C@@H]1O. The number of carbonyl (C=O) groups excluding carboxylic acids is 4. The van der Waals surface area contributed by atoms with E-state index in [0.717, 1.165) is 20.8 Å². The van der Waals surface area contributed by atoms with E-state index in [2.05, 4.69) is 16.0 Å². The number of amides is 3. The van der Waals surface area contributed by atoms with Crippen molar-refractivity contribution in [2.75, 3.05) is 52.9 Å². The summed E-state index contributed by atoms with van der Waals surface area (Å²) >= 11 is 0. The van der Waals surface area contributed by atoms with Gasteiger partial charge in [-0.15, -0.1) is 0 Å². The monoisotopic (exact) mass is 877 g/mol. The van der Waals surface area contributed by atoms with E-state index in [9.17, 15) is 75.3 Å². The molecule has 60 heavy (non-hydrogen) atoms. The molecule has 0 aromatic carbocycles. The Bertz CT molecular complexity index is 1370. The minimum atomic E-state index is -2.58. The van der Waals surface area contributed by atoms with Crippen molar-refractivity contribution in [2.45, 2.75) is 125 Å². The molecule has 0 aliphatic carbocycles. The maximum Gasteiger partial charge on any atom is 0.373 e. The number of hydrogen-bond donors (Lipinski definition) is 15. The van der Waals surface area contributed by atoms with Crippen molar-refractivity contribution in [1.82, 2.24) is 16.0 Å². The lowest BCUT2D eigenvalue weighted by Gasteiger charge is -2.46. The Hall–Kier alpha value is -2.84. The predicted molar refractivity (Wildman–Crippen MR) is 191 cm³/mol. The van der Waals surface area contributed by atoms with Gasteiger partial charge >= 0.3 is 5.97 Å². The average molecular weight is 878 g/mol. The zero-order chi connectivity index (χ0) is 45.0. The highest BCUT2D eigenvalue weighted by atomic mass is 17.2. The first-order chi connectivity index (χ1) is 28.3. The highest BCUT2D eigenvalue weighted by Crippen LogP contribution is 2.32. The number of aliphatic hydroxyl groups excluding tert-OH is 12. The summed E-state index contributed by atoms with van der Waals surface area (Å²) in [6.07, 6.45) is -23.6. The van der Waals surface area contributed by atoms with Crippen molar-refractivity contribution in [3.05, 3.63) is 0 Å². The molecule has 26 nitrogen and oxygen atoms in total. The molecule has 10 unspecified atom stereocenters. The van der Waals surface area contributed by atoms with Gasteiger partial charge in [-0.05, 0) is 0 Å². The molecule has 0 saturated carbocycles. The fraction of sp³-hybridized carbons (Fsp3) is 0.882. The molecule has 3 amide bonds. The van der Waals surface area contributed by atoms with Gasteiger partial charge in [-0.25, -0.2) is 4.79 Å². The van der Waals surface area contributed by atoms with Crippen LogP contribution in [0.2, 0.25) is 0 Å². The second kappa shape index (κ2) is 24.1. The zero-order valence-electron chi connectivity index (χ0n) is 33.0. The maximum absolute atomic E-state index is 12.9. The normalized spacial score (nSPS) is 36.6. The molecule has 348 valence electrons. The molecular formula is C34H59N3O23. The Morgan fingerprint density at radius 3 is 1.58 bits per heavy atom. The van der Waals surface area contributed by atoms with E-state index >= 15 is 0 Å². The van der Waals surface area contributed by atoms with Crippen molar-refractivity contribution in [1.29, 1.82) is 0 Å². The summed E-state index contributed by atoms with van der Waals surface area (Å²) < 4.78 is 28.8. The lowest BCUT2D eigenvalue weighted by Crippen LogP contribution is -2.66. The number of hydrogen-bond acceptors (Lipinski definition) is 23. The molecule has 0 spiro atoms. The van der Waals surface area contributed by atoms with Crippen molar-refractivity contribution in [2.24, 2.45) is 11.8 Å². The van der Waals surface area contributed by atoms with Crippen LogP contribution in [0.4, 0.5) is 0 Å². The van der Waals surface area contributed by atoms with Crippen molar-refractivity contribution in [3.63, 3.8) is 0 Å². The first kappa shape index (κ1) is 51.5. The van der Waals surface area contributed by atoms with Gasteiger partial charge in [0.05, 0.1) is 83.3 Å². The lowest BCUT2D eigenvalue weighted by molar-refractivity contribution is -0.344. The van der Waals surface area contributed by atoms with Crippen LogP contribution in [0.15, 0.2) is 0 Å². The molecule has 26 heteroatoms. The second-order valence-electron chi connectivity index (χ2n) is 14.7. The minimum Gasteiger partial charge on any atom is -0.394 e. The maximum atomic E-state index is 12.9. The molecule has 15 N–H and O–H groups in total. The predicted octanol–water partition coefficient (Wildman–Crippen LogP) is -9.64. The van der Waals surface area contributed by atoms with Gasteiger partial charge in [-0.3, -0.25) is 19.3 Å². The smallest absolute Gasteiger partial charge is 0.373 e. The molecule has 0 radical (unpaired) electrons. The van der Waals surface area contributed by atoms with Gasteiger partial charge in [0.25, 0.3) is 0 Å². The van der Waals surface area contributed by atoms with Crippen LogP contribution in [-0.4, -0.2) is 242 Å². The van der Waals surface area contributed by atoms with E-state index in [0.29, 0.717) is 0 Å². The van der Waals surface area contributed by atoms with Gasteiger partial charge in [-0.1, -0.05) is 0 Å². The highest BCUT2D eigenvalue weighted by molar-refractivity contribution is 5.75. The van der Waals surface area contributed by atoms with Crippen molar-refractivity contribution >= 4 is 23.7 Å². The van der Waals surface area contributed by atoms with Crippen LogP contribution in [0.1, 0.15) is 20.8 Å². The van der Waals surface area contributed by atoms with Crippen LogP contribution in [0, 0.1) is 11.8 Å². The van der Waals surface area contributed by atoms with E-state index in [1.165, 1.54) is 0 Å². The summed E-state index contributed by atoms with van der Waals surface area (Å²) in [6, 6.07) is -3.97. The second-order valence-corrected chi connectivity index (χ2v) is 14.7. The zero-order valence-corrected chi connectivity index (χ0v) is 33.0. The number of aliphatic hydroxyl groups is 12. The van der Waals surface area contributed by atoms with Crippen LogP contribution in [-0.2, 0) is 52.6 Å². The van der Waals surface area contributed by atoms with E-state index < -0.39 is 192 Å². The summed E-state index contributed by atoms with van der Waals surface area (Å²) in [6.45, 7) is -1.81. The van der Waals surface area contributed by atoms with E-state index in [1.54, 1.807) is 0 Å². The first-order valence-electron chi connectivity index (χ1n) is 19.0. The molecule has 3 aliphatic rings. The largest absolute Gasteiger partial charge is 0.394 e. The van der Waals surface area contributed by atoms with Gasteiger partial charge in [0.2, 0.25) is 17.7 Å². The van der Waals surface area contributed by atoms with E-state index in [4.69, 9.17) is 38.6 Å². The third-order valence-electron chi connectivity index (χ3n) is 10.3. The summed E-state index contributed by atoms with van der Waals surface area (Å²) in [7, 11) is 0. The van der Waals surface area contributed by atoms with E-state index in [1.807, 2.05) is 0 Å². The third kappa shape index (κ3) is 13.3. The van der Waals surface area contributed by atoms with Crippen LogP contribution in [0.25, 0.3) is 0 Å². The Morgan fingerprint density at radius 1 is 0.567 bits per heavy atom. The Kier molecular flexibility index (Phi) is 20.7. The lowest BCUT2D eigenvalue weighted by atomic mass is 9.85. The molecule has 19 atom stereocenters. The van der Waals surface area contributed by atoms with Gasteiger partial charge in [-0.2, -0.15) is 4.89 Å². The van der Waals surface area contributed by atoms with Gasteiger partial charge in [0.15, 0.2) is 12.4 Å². The van der Waals surface area contributed by atoms with Crippen LogP contribution in [0.5, 0.6) is 0 Å². The average Bonchev–Trinajstić information content (AvgIpc) is 3.20. The van der Waals surface area contributed by atoms with Gasteiger partial charge < -0.3 is 101 Å². The molecule has 3 rings (SSSR count). The fourth-order valence-electron chi connectivity index (χ4n) is 7.16. The van der Waals surface area contributed by atoms with Crippen LogP contribution in [0.3, 0.4) is 0 Å². The molecule has 0 bridgehead atoms. The molecule has 3 heterocycles. The Labute approximate surface area is 342 Å². The minimum absolute atomic E-state index is 0.420. The molecule has 0 aromatic rings. The summed E-state index contributed by atoms with van der Waals surface area (Å²) in [5.74, 6) is -5.99. The number of nitrogens with one attached hydrogen (secondary N) is 3. The quantitative estimate of drug-likeness (QED) is 0.0376. The molecule has 3 aliphatic heterocycles. The third-order valence-corrected chi connectivity index (χ3v) is 10.3. The highest BCUT2D eigenvalue weighted by Gasteiger charge is 2.51. The van der Waals surface area contributed by atoms with Crippen LogP contribution >= 0.6 is 0 Å². The Balaban J connectivity index is 1.90. The number of ether oxygens (including phenoxy) is 5. The van der Waals surface area contributed by atoms with Gasteiger partial charge in [0.1, 0.15) is 61.0 Å². The van der Waals surface area contributed by atoms with Crippen molar-refractivity contribution in [3.8, 4) is 0 Å². The first-order valence-corrected chi connectivity index (χ1v) is 19.0. The van der Waals surface area contributed by atoms with E-state index in [-0.39, 0.29) is 0 Å². The van der Waals surface area contributed by atoms with Crippen LogP contribution < -0.4 is 16.0 Å². The summed E-state index contributed by atoms with van der Waals surface area (Å²) in [4.78, 5) is 59.4. The molecule has 3 fully saturated rings. The summed E-state index contributed by atoms with van der Waals surface area (Å²) in [5.41, 5.74) is 0. The molecular weight excluding hydrogens is 818 g/mol. The number of carbonyl (C=O) groups is 4. The molecule has 0 aromatic heterocycles. The fourth-order valence-corrected chi connectivity index (χ4v) is 7.16. The number of rotatable bonds is 21.